The van der Waals surface area contributed by atoms with Crippen molar-refractivity contribution in [1.29, 1.82) is 0 Å². The van der Waals surface area contributed by atoms with Gasteiger partial charge in [0.1, 0.15) is 0 Å². The molecule has 120 valence electrons. The van der Waals surface area contributed by atoms with Crippen LogP contribution in [0.2, 0.25) is 0 Å². The number of nitrogens with two attached hydrogens (primary N) is 1. The summed E-state index contributed by atoms with van der Waals surface area (Å²) < 4.78 is 4.97. The highest BCUT2D eigenvalue weighted by molar-refractivity contribution is 5.87. The first-order valence-corrected chi connectivity index (χ1v) is 6.58. The zero-order chi connectivity index (χ0) is 15.0. The molecule has 20 heavy (non-hydrogen) atoms. The van der Waals surface area contributed by atoms with Gasteiger partial charge < -0.3 is 20.3 Å². The largest absolute Gasteiger partial charge is 0.383 e. The van der Waals surface area contributed by atoms with Crippen LogP contribution in [-0.2, 0) is 14.3 Å². The molecular formula is C13H28ClN3O3. The number of amides is 2. The van der Waals surface area contributed by atoms with Crippen molar-refractivity contribution in [3.63, 3.8) is 0 Å². The topological polar surface area (TPSA) is 75.9 Å². The van der Waals surface area contributed by atoms with Gasteiger partial charge in [0.05, 0.1) is 19.2 Å². The van der Waals surface area contributed by atoms with Crippen molar-refractivity contribution in [1.82, 2.24) is 9.80 Å². The van der Waals surface area contributed by atoms with E-state index in [1.54, 1.807) is 21.2 Å². The minimum atomic E-state index is -0.572. The number of hydrogen-bond donors (Lipinski definition) is 1. The van der Waals surface area contributed by atoms with Gasteiger partial charge in [0.2, 0.25) is 11.8 Å². The van der Waals surface area contributed by atoms with Gasteiger partial charge in [0, 0.05) is 27.7 Å². The molecule has 0 aromatic heterocycles. The molecule has 0 radical (unpaired) electrons. The zero-order valence-corrected chi connectivity index (χ0v) is 13.9. The van der Waals surface area contributed by atoms with Gasteiger partial charge in [0.15, 0.2) is 0 Å². The van der Waals surface area contributed by atoms with Gasteiger partial charge in [-0.05, 0) is 5.92 Å². The van der Waals surface area contributed by atoms with E-state index in [2.05, 4.69) is 0 Å². The summed E-state index contributed by atoms with van der Waals surface area (Å²) in [5, 5.41) is 0. The fourth-order valence-electron chi connectivity index (χ4n) is 1.48. The molecule has 0 aromatic rings. The molecule has 7 heteroatoms. The summed E-state index contributed by atoms with van der Waals surface area (Å²) >= 11 is 0. The van der Waals surface area contributed by atoms with Crippen LogP contribution in [0.25, 0.3) is 0 Å². The number of likely N-dealkylation sites (N-methyl/N-ethyl adjacent to an activating group) is 1. The van der Waals surface area contributed by atoms with Crippen LogP contribution in [0.5, 0.6) is 0 Å². The Morgan fingerprint density at radius 1 is 1.30 bits per heavy atom. The molecule has 0 rings (SSSR count). The standard InChI is InChI=1S/C13H27N3O3.ClH/c1-6-10(2)12(14)13(18)16(7-8-19-5)9-11(17)15(3)4;/h10,12H,6-9,14H2,1-5H3;1H. The lowest BCUT2D eigenvalue weighted by Crippen LogP contribution is -2.50. The first-order chi connectivity index (χ1) is 8.84. The lowest BCUT2D eigenvalue weighted by molar-refractivity contribution is -0.141. The van der Waals surface area contributed by atoms with E-state index >= 15 is 0 Å². The van der Waals surface area contributed by atoms with Gasteiger partial charge in [-0.1, -0.05) is 20.3 Å². The number of halogens is 1. The van der Waals surface area contributed by atoms with E-state index < -0.39 is 6.04 Å². The number of ether oxygens (including phenoxy) is 1. The van der Waals surface area contributed by atoms with Crippen LogP contribution in [0.3, 0.4) is 0 Å². The fourth-order valence-corrected chi connectivity index (χ4v) is 1.48. The van der Waals surface area contributed by atoms with E-state index in [4.69, 9.17) is 10.5 Å². The fraction of sp³-hybridized carbons (Fsp3) is 0.846. The molecule has 2 N–H and O–H groups in total. The summed E-state index contributed by atoms with van der Waals surface area (Å²) in [6.45, 7) is 4.73. The smallest absolute Gasteiger partial charge is 0.241 e. The molecular weight excluding hydrogens is 282 g/mol. The van der Waals surface area contributed by atoms with Crippen LogP contribution in [0.15, 0.2) is 0 Å². The number of nitrogens with zero attached hydrogens (tertiary/aromatic N) is 2. The molecule has 0 spiro atoms. The summed E-state index contributed by atoms with van der Waals surface area (Å²) in [4.78, 5) is 27.0. The molecule has 2 amide bonds. The number of methoxy groups -OCH3 is 1. The Labute approximate surface area is 128 Å². The molecule has 2 unspecified atom stereocenters. The minimum Gasteiger partial charge on any atom is -0.383 e. The highest BCUT2D eigenvalue weighted by Crippen LogP contribution is 2.08. The highest BCUT2D eigenvalue weighted by atomic mass is 35.5. The van der Waals surface area contributed by atoms with E-state index in [9.17, 15) is 9.59 Å². The molecule has 2 atom stereocenters. The quantitative estimate of drug-likeness (QED) is 0.702. The molecule has 0 fully saturated rings. The van der Waals surface area contributed by atoms with Crippen molar-refractivity contribution in [2.24, 2.45) is 11.7 Å². The van der Waals surface area contributed by atoms with E-state index in [0.717, 1.165) is 6.42 Å². The average molecular weight is 310 g/mol. The van der Waals surface area contributed by atoms with E-state index in [0.29, 0.717) is 13.2 Å². The van der Waals surface area contributed by atoms with Gasteiger partial charge in [0.25, 0.3) is 0 Å². The van der Waals surface area contributed by atoms with Crippen LogP contribution >= 0.6 is 12.4 Å². The molecule has 0 bridgehead atoms. The third kappa shape index (κ3) is 7.07. The van der Waals surface area contributed by atoms with Crippen LogP contribution in [0.1, 0.15) is 20.3 Å². The minimum absolute atomic E-state index is 0. The molecule has 0 aliphatic carbocycles. The van der Waals surface area contributed by atoms with Crippen molar-refractivity contribution < 1.29 is 14.3 Å². The Balaban J connectivity index is 0. The Morgan fingerprint density at radius 3 is 2.25 bits per heavy atom. The lowest BCUT2D eigenvalue weighted by Gasteiger charge is -2.28. The Bertz CT molecular complexity index is 301. The molecule has 0 saturated carbocycles. The number of rotatable bonds is 8. The Hall–Kier alpha value is -0.850. The zero-order valence-electron chi connectivity index (χ0n) is 13.1. The summed E-state index contributed by atoms with van der Waals surface area (Å²) in [6, 6.07) is -0.572. The first-order valence-electron chi connectivity index (χ1n) is 6.58. The molecule has 0 aliphatic heterocycles. The molecule has 0 heterocycles. The second kappa shape index (κ2) is 10.9. The summed E-state index contributed by atoms with van der Waals surface area (Å²) in [5.41, 5.74) is 5.94. The third-order valence-corrected chi connectivity index (χ3v) is 3.24. The molecule has 0 aromatic carbocycles. The summed E-state index contributed by atoms with van der Waals surface area (Å²) in [6.07, 6.45) is 0.826. The van der Waals surface area contributed by atoms with E-state index in [1.165, 1.54) is 9.80 Å². The number of carbonyl (C=O) groups excluding carboxylic acids is 2. The maximum absolute atomic E-state index is 12.3. The van der Waals surface area contributed by atoms with Crippen LogP contribution in [0.4, 0.5) is 0 Å². The van der Waals surface area contributed by atoms with E-state index in [1.807, 2.05) is 13.8 Å². The molecule has 0 aliphatic rings. The van der Waals surface area contributed by atoms with E-state index in [-0.39, 0.29) is 36.7 Å². The normalized spacial score (nSPS) is 13.1. The first kappa shape index (κ1) is 21.4. The predicted molar refractivity (Wildman–Crippen MR) is 81.8 cm³/mol. The third-order valence-electron chi connectivity index (χ3n) is 3.24. The second-order valence-electron chi connectivity index (χ2n) is 4.95. The van der Waals surface area contributed by atoms with Crippen molar-refractivity contribution in [2.75, 3.05) is 40.9 Å². The summed E-state index contributed by atoms with van der Waals surface area (Å²) in [7, 11) is 4.89. The maximum Gasteiger partial charge on any atom is 0.241 e. The van der Waals surface area contributed by atoms with Crippen molar-refractivity contribution in [2.45, 2.75) is 26.3 Å². The van der Waals surface area contributed by atoms with Crippen LogP contribution in [0, 0.1) is 5.92 Å². The Kier molecular flexibility index (Phi) is 11.7. The van der Waals surface area contributed by atoms with Crippen LogP contribution in [-0.4, -0.2) is 68.6 Å². The van der Waals surface area contributed by atoms with Crippen LogP contribution < -0.4 is 5.73 Å². The molecule has 0 saturated heterocycles. The second-order valence-corrected chi connectivity index (χ2v) is 4.95. The van der Waals surface area contributed by atoms with Crippen molar-refractivity contribution in [3.8, 4) is 0 Å². The van der Waals surface area contributed by atoms with Gasteiger partial charge in [-0.2, -0.15) is 0 Å². The highest BCUT2D eigenvalue weighted by Gasteiger charge is 2.26. The van der Waals surface area contributed by atoms with Gasteiger partial charge in [-0.3, -0.25) is 9.59 Å². The van der Waals surface area contributed by atoms with Gasteiger partial charge >= 0.3 is 0 Å². The monoisotopic (exact) mass is 309 g/mol. The molecule has 6 nitrogen and oxygen atoms in total. The van der Waals surface area contributed by atoms with Crippen molar-refractivity contribution >= 4 is 24.2 Å². The SMILES string of the molecule is CCC(C)C(N)C(=O)N(CCOC)CC(=O)N(C)C.Cl. The average Bonchev–Trinajstić information content (AvgIpc) is 2.40. The van der Waals surface area contributed by atoms with Gasteiger partial charge in [-0.25, -0.2) is 0 Å². The van der Waals surface area contributed by atoms with Gasteiger partial charge in [-0.15, -0.1) is 12.4 Å². The maximum atomic E-state index is 12.3. The number of hydrogen-bond acceptors (Lipinski definition) is 4. The predicted octanol–water partition coefficient (Wildman–Crippen LogP) is 0.345. The van der Waals surface area contributed by atoms with Crippen molar-refractivity contribution in [3.05, 3.63) is 0 Å². The summed E-state index contributed by atoms with van der Waals surface area (Å²) in [5.74, 6) is -0.227. The Morgan fingerprint density at radius 2 is 1.85 bits per heavy atom. The lowest BCUT2D eigenvalue weighted by atomic mass is 9.99. The number of carbonyl (C=O) groups is 2.